The summed E-state index contributed by atoms with van der Waals surface area (Å²) in [5.41, 5.74) is 0.420. The first kappa shape index (κ1) is 18.5. The van der Waals surface area contributed by atoms with Gasteiger partial charge in [0.05, 0.1) is 19.8 Å². The van der Waals surface area contributed by atoms with Crippen molar-refractivity contribution in [1.29, 1.82) is 0 Å². The van der Waals surface area contributed by atoms with E-state index in [1.807, 2.05) is 45.0 Å². The molecule has 1 aliphatic heterocycles. The smallest absolute Gasteiger partial charge is 0.408 e. The third-order valence-electron chi connectivity index (χ3n) is 4.11. The van der Waals surface area contributed by atoms with E-state index in [-0.39, 0.29) is 0 Å². The first-order valence-electron chi connectivity index (χ1n) is 8.39. The zero-order valence-corrected chi connectivity index (χ0v) is 14.8. The molecule has 1 saturated heterocycles. The first-order valence-corrected chi connectivity index (χ1v) is 8.39. The van der Waals surface area contributed by atoms with Crippen molar-refractivity contribution in [3.8, 4) is 5.75 Å². The lowest BCUT2D eigenvalue weighted by molar-refractivity contribution is 0.0321. The molecule has 6 nitrogen and oxygen atoms in total. The Labute approximate surface area is 144 Å². The van der Waals surface area contributed by atoms with Crippen LogP contribution in [-0.4, -0.2) is 66.0 Å². The van der Waals surface area contributed by atoms with E-state index in [0.717, 1.165) is 44.2 Å². The lowest BCUT2D eigenvalue weighted by atomic mass is 10.0. The minimum atomic E-state index is -0.925. The molecule has 1 N–H and O–H groups in total. The van der Waals surface area contributed by atoms with Crippen molar-refractivity contribution in [2.24, 2.45) is 0 Å². The van der Waals surface area contributed by atoms with Gasteiger partial charge in [-0.15, -0.1) is 0 Å². The molecule has 0 unspecified atom stereocenters. The van der Waals surface area contributed by atoms with Gasteiger partial charge in [0.1, 0.15) is 12.4 Å². The third kappa shape index (κ3) is 5.39. The molecule has 0 bridgehead atoms. The summed E-state index contributed by atoms with van der Waals surface area (Å²) in [6.07, 6.45) is -0.925. The normalized spacial score (nSPS) is 16.0. The summed E-state index contributed by atoms with van der Waals surface area (Å²) >= 11 is 0. The van der Waals surface area contributed by atoms with Crippen molar-refractivity contribution in [2.45, 2.75) is 32.9 Å². The van der Waals surface area contributed by atoms with Gasteiger partial charge < -0.3 is 14.6 Å². The van der Waals surface area contributed by atoms with Gasteiger partial charge in [0, 0.05) is 30.7 Å². The van der Waals surface area contributed by atoms with E-state index in [9.17, 15) is 9.90 Å². The zero-order valence-electron chi connectivity index (χ0n) is 14.8. The molecule has 1 amide bonds. The molecule has 0 atom stereocenters. The van der Waals surface area contributed by atoms with Crippen LogP contribution in [0.2, 0.25) is 0 Å². The van der Waals surface area contributed by atoms with Gasteiger partial charge in [-0.3, -0.25) is 9.80 Å². The maximum atomic E-state index is 11.5. The third-order valence-corrected chi connectivity index (χ3v) is 4.11. The topological polar surface area (TPSA) is 62.2 Å². The number of morpholine rings is 1. The second-order valence-corrected chi connectivity index (χ2v) is 6.95. The van der Waals surface area contributed by atoms with Gasteiger partial charge in [0.25, 0.3) is 0 Å². The van der Waals surface area contributed by atoms with Gasteiger partial charge in [0.15, 0.2) is 0 Å². The molecule has 0 spiro atoms. The maximum Gasteiger partial charge on any atom is 0.408 e. The summed E-state index contributed by atoms with van der Waals surface area (Å²) in [4.78, 5) is 15.3. The summed E-state index contributed by atoms with van der Waals surface area (Å²) in [6.45, 7) is 10.8. The molecule has 134 valence electrons. The highest BCUT2D eigenvalue weighted by molar-refractivity contribution is 5.66. The molecular formula is C18H28N2O4. The predicted octanol–water partition coefficient (Wildman–Crippen LogP) is 2.68. The fraction of sp³-hybridized carbons (Fsp3) is 0.611. The summed E-state index contributed by atoms with van der Waals surface area (Å²) in [7, 11) is 0. The largest absolute Gasteiger partial charge is 0.492 e. The second-order valence-electron chi connectivity index (χ2n) is 6.95. The monoisotopic (exact) mass is 336 g/mol. The van der Waals surface area contributed by atoms with Crippen LogP contribution in [0, 0.1) is 0 Å². The maximum absolute atomic E-state index is 11.5. The molecule has 1 fully saturated rings. The summed E-state index contributed by atoms with van der Waals surface area (Å²) in [5.74, 6) is 0.751. The van der Waals surface area contributed by atoms with Crippen molar-refractivity contribution in [2.75, 3.05) is 39.5 Å². The fourth-order valence-electron chi connectivity index (χ4n) is 2.65. The molecule has 1 aromatic carbocycles. The van der Waals surface area contributed by atoms with Crippen molar-refractivity contribution >= 4 is 6.09 Å². The highest BCUT2D eigenvalue weighted by Crippen LogP contribution is 2.24. The van der Waals surface area contributed by atoms with E-state index in [4.69, 9.17) is 9.47 Å². The number of hydrogen-bond acceptors (Lipinski definition) is 4. The SMILES string of the molecule is CC(C)(C)N(Cc1ccccc1OCCN1CCOCC1)C(=O)O. The number of amides is 1. The van der Waals surface area contributed by atoms with E-state index >= 15 is 0 Å². The van der Waals surface area contributed by atoms with E-state index in [0.29, 0.717) is 13.2 Å². The second kappa shape index (κ2) is 8.35. The van der Waals surface area contributed by atoms with Crippen LogP contribution in [0.15, 0.2) is 24.3 Å². The van der Waals surface area contributed by atoms with Crippen LogP contribution in [0.3, 0.4) is 0 Å². The number of ether oxygens (including phenoxy) is 2. The molecule has 6 heteroatoms. The predicted molar refractivity (Wildman–Crippen MR) is 92.5 cm³/mol. The minimum absolute atomic E-state index is 0.312. The van der Waals surface area contributed by atoms with Crippen LogP contribution >= 0.6 is 0 Å². The molecule has 0 saturated carbocycles. The Kier molecular flexibility index (Phi) is 6.45. The van der Waals surface area contributed by atoms with Gasteiger partial charge in [-0.1, -0.05) is 18.2 Å². The van der Waals surface area contributed by atoms with Crippen LogP contribution in [0.5, 0.6) is 5.75 Å². The van der Waals surface area contributed by atoms with Crippen molar-refractivity contribution in [3.05, 3.63) is 29.8 Å². The first-order chi connectivity index (χ1) is 11.4. The Balaban J connectivity index is 1.97. The van der Waals surface area contributed by atoms with Crippen molar-refractivity contribution < 1.29 is 19.4 Å². The molecular weight excluding hydrogens is 308 g/mol. The lowest BCUT2D eigenvalue weighted by Crippen LogP contribution is -2.44. The molecule has 2 rings (SSSR count). The highest BCUT2D eigenvalue weighted by atomic mass is 16.5. The number of para-hydroxylation sites is 1. The Morgan fingerprint density at radius 3 is 2.58 bits per heavy atom. The Morgan fingerprint density at radius 1 is 1.29 bits per heavy atom. The zero-order chi connectivity index (χ0) is 17.6. The van der Waals surface area contributed by atoms with Gasteiger partial charge in [-0.25, -0.2) is 4.79 Å². The Morgan fingerprint density at radius 2 is 1.96 bits per heavy atom. The lowest BCUT2D eigenvalue weighted by Gasteiger charge is -2.33. The molecule has 0 aromatic heterocycles. The summed E-state index contributed by atoms with van der Waals surface area (Å²) in [5, 5.41) is 9.47. The number of rotatable bonds is 6. The number of carbonyl (C=O) groups is 1. The van der Waals surface area contributed by atoms with Crippen LogP contribution in [0.1, 0.15) is 26.3 Å². The number of carboxylic acid groups (broad SMARTS) is 1. The van der Waals surface area contributed by atoms with Crippen LogP contribution < -0.4 is 4.74 Å². The molecule has 1 aromatic rings. The average molecular weight is 336 g/mol. The minimum Gasteiger partial charge on any atom is -0.492 e. The van der Waals surface area contributed by atoms with E-state index in [2.05, 4.69) is 4.90 Å². The van der Waals surface area contributed by atoms with Crippen LogP contribution in [-0.2, 0) is 11.3 Å². The number of nitrogens with zero attached hydrogens (tertiary/aromatic N) is 2. The quantitative estimate of drug-likeness (QED) is 0.865. The van der Waals surface area contributed by atoms with Crippen molar-refractivity contribution in [1.82, 2.24) is 9.80 Å². The molecule has 1 aliphatic rings. The van der Waals surface area contributed by atoms with E-state index in [1.54, 1.807) is 0 Å². The molecule has 0 radical (unpaired) electrons. The van der Waals surface area contributed by atoms with E-state index < -0.39 is 11.6 Å². The van der Waals surface area contributed by atoms with Gasteiger partial charge in [0.2, 0.25) is 0 Å². The number of benzene rings is 1. The molecule has 1 heterocycles. The number of hydrogen-bond donors (Lipinski definition) is 1. The standard InChI is InChI=1S/C18H28N2O4/c1-18(2,3)20(17(21)22)14-15-6-4-5-7-16(15)24-13-10-19-8-11-23-12-9-19/h4-7H,8-14H2,1-3H3,(H,21,22). The Bertz CT molecular complexity index is 536. The molecule has 0 aliphatic carbocycles. The van der Waals surface area contributed by atoms with Crippen LogP contribution in [0.4, 0.5) is 4.79 Å². The highest BCUT2D eigenvalue weighted by Gasteiger charge is 2.27. The van der Waals surface area contributed by atoms with Gasteiger partial charge >= 0.3 is 6.09 Å². The van der Waals surface area contributed by atoms with E-state index in [1.165, 1.54) is 4.90 Å². The molecule has 24 heavy (non-hydrogen) atoms. The average Bonchev–Trinajstić information content (AvgIpc) is 2.53. The summed E-state index contributed by atoms with van der Waals surface area (Å²) < 4.78 is 11.3. The van der Waals surface area contributed by atoms with Crippen LogP contribution in [0.25, 0.3) is 0 Å². The van der Waals surface area contributed by atoms with Gasteiger partial charge in [-0.05, 0) is 26.8 Å². The Hall–Kier alpha value is -1.79. The van der Waals surface area contributed by atoms with Gasteiger partial charge in [-0.2, -0.15) is 0 Å². The summed E-state index contributed by atoms with van der Waals surface area (Å²) in [6, 6.07) is 7.64. The fourth-order valence-corrected chi connectivity index (χ4v) is 2.65. The van der Waals surface area contributed by atoms with Crippen molar-refractivity contribution in [3.63, 3.8) is 0 Å².